The van der Waals surface area contributed by atoms with Crippen molar-refractivity contribution in [3.05, 3.63) is 71.1 Å². The van der Waals surface area contributed by atoms with Crippen LogP contribution < -0.4 is 5.32 Å². The zero-order chi connectivity index (χ0) is 21.1. The van der Waals surface area contributed by atoms with Gasteiger partial charge in [0.05, 0.1) is 16.8 Å². The first kappa shape index (κ1) is 19.0. The van der Waals surface area contributed by atoms with Gasteiger partial charge in [0.15, 0.2) is 0 Å². The number of halogens is 1. The number of pyridine rings is 1. The van der Waals surface area contributed by atoms with Gasteiger partial charge in [0.25, 0.3) is 0 Å². The lowest BCUT2D eigenvalue weighted by atomic mass is 10.0. The number of carboxylic acid groups (broad SMARTS) is 1. The number of fused-ring (bicyclic) bond motifs is 1. The Hall–Kier alpha value is -4.29. The fourth-order valence-electron chi connectivity index (χ4n) is 2.87. The molecule has 2 heterocycles. The maximum Gasteiger partial charge on any atom is 0.336 e. The molecule has 3 N–H and O–H groups in total. The van der Waals surface area contributed by atoms with E-state index in [-0.39, 0.29) is 17.0 Å². The molecule has 4 rings (SSSR count). The highest BCUT2D eigenvalue weighted by Gasteiger charge is 2.14. The second kappa shape index (κ2) is 7.98. The fraction of sp³-hybridized carbons (Fsp3) is 0. The largest absolute Gasteiger partial charge is 0.478 e. The smallest absolute Gasteiger partial charge is 0.336 e. The molecule has 0 saturated heterocycles. The summed E-state index contributed by atoms with van der Waals surface area (Å²) < 4.78 is 0. The number of carboxylic acids is 1. The number of anilines is 1. The predicted molar refractivity (Wildman–Crippen MR) is 111 cm³/mol. The molecule has 0 unspecified atom stereocenters. The Labute approximate surface area is 174 Å². The Morgan fingerprint density at radius 3 is 2.83 bits per heavy atom. The second-order valence-electron chi connectivity index (χ2n) is 6.15. The highest BCUT2D eigenvalue weighted by molar-refractivity contribution is 6.31. The number of tetrazole rings is 1. The van der Waals surface area contributed by atoms with Crippen LogP contribution in [-0.4, -0.2) is 36.7 Å². The van der Waals surface area contributed by atoms with Crippen LogP contribution in [0.1, 0.15) is 16.2 Å². The standard InChI is InChI=1S/C20H12ClN7O2/c21-13-4-5-17-15(7-13)16(20(29)30)8-18(24-17)11-2-1-3-14(6-11)23-10-12(9-22)19-25-27-28-26-19/h1-8,10,23H,(H,29,30)(H,25,26,27,28). The van der Waals surface area contributed by atoms with E-state index in [1.807, 2.05) is 12.1 Å². The molecular weight excluding hydrogens is 406 g/mol. The third kappa shape index (κ3) is 3.80. The molecule has 146 valence electrons. The van der Waals surface area contributed by atoms with Crippen molar-refractivity contribution >= 4 is 39.7 Å². The van der Waals surface area contributed by atoms with Crippen LogP contribution in [0.15, 0.2) is 54.7 Å². The maximum absolute atomic E-state index is 11.8. The summed E-state index contributed by atoms with van der Waals surface area (Å²) in [6, 6.07) is 15.6. The molecule has 0 bridgehead atoms. The first-order valence-electron chi connectivity index (χ1n) is 8.60. The highest BCUT2D eigenvalue weighted by Crippen LogP contribution is 2.28. The van der Waals surface area contributed by atoms with E-state index in [0.717, 1.165) is 0 Å². The first-order valence-corrected chi connectivity index (χ1v) is 8.97. The van der Waals surface area contributed by atoms with Gasteiger partial charge in [0.2, 0.25) is 5.82 Å². The number of rotatable bonds is 5. The van der Waals surface area contributed by atoms with E-state index >= 15 is 0 Å². The van der Waals surface area contributed by atoms with Gasteiger partial charge in [0.1, 0.15) is 11.6 Å². The van der Waals surface area contributed by atoms with Crippen LogP contribution in [0.5, 0.6) is 0 Å². The van der Waals surface area contributed by atoms with Crippen molar-refractivity contribution in [1.29, 1.82) is 5.26 Å². The van der Waals surface area contributed by atoms with Gasteiger partial charge in [-0.2, -0.15) is 10.5 Å². The number of aromatic amines is 1. The topological polar surface area (TPSA) is 140 Å². The third-order valence-electron chi connectivity index (χ3n) is 4.25. The van der Waals surface area contributed by atoms with Gasteiger partial charge < -0.3 is 10.4 Å². The number of hydrogen-bond acceptors (Lipinski definition) is 7. The van der Waals surface area contributed by atoms with Crippen molar-refractivity contribution < 1.29 is 9.90 Å². The lowest BCUT2D eigenvalue weighted by Gasteiger charge is -2.09. The van der Waals surface area contributed by atoms with Crippen LogP contribution in [0.4, 0.5) is 5.69 Å². The van der Waals surface area contributed by atoms with Crippen molar-refractivity contribution in [3.63, 3.8) is 0 Å². The average molecular weight is 418 g/mol. The fourth-order valence-corrected chi connectivity index (χ4v) is 3.04. The normalized spacial score (nSPS) is 11.3. The zero-order valence-corrected chi connectivity index (χ0v) is 15.9. The number of carbonyl (C=O) groups is 1. The van der Waals surface area contributed by atoms with E-state index in [9.17, 15) is 15.2 Å². The van der Waals surface area contributed by atoms with Crippen LogP contribution in [0.3, 0.4) is 0 Å². The lowest BCUT2D eigenvalue weighted by Crippen LogP contribution is -2.00. The van der Waals surface area contributed by atoms with E-state index in [1.54, 1.807) is 36.4 Å². The number of hydrogen-bond donors (Lipinski definition) is 3. The Morgan fingerprint density at radius 2 is 2.10 bits per heavy atom. The summed E-state index contributed by atoms with van der Waals surface area (Å²) in [6.45, 7) is 0. The molecule has 0 aliphatic rings. The molecule has 0 aliphatic carbocycles. The van der Waals surface area contributed by atoms with E-state index in [1.165, 1.54) is 12.3 Å². The zero-order valence-electron chi connectivity index (χ0n) is 15.2. The Kier molecular flexibility index (Phi) is 5.07. The number of nitriles is 1. The van der Waals surface area contributed by atoms with Gasteiger partial charge in [-0.05, 0) is 41.6 Å². The number of benzene rings is 2. The SMILES string of the molecule is N#CC(=CNc1cccc(-c2cc(C(=O)O)c3cc(Cl)ccc3n2)c1)c1nn[nH]n1. The van der Waals surface area contributed by atoms with Crippen molar-refractivity contribution in [3.8, 4) is 17.3 Å². The monoisotopic (exact) mass is 417 g/mol. The molecule has 0 radical (unpaired) electrons. The molecule has 0 fully saturated rings. The molecule has 10 heteroatoms. The Balaban J connectivity index is 1.72. The van der Waals surface area contributed by atoms with Crippen LogP contribution >= 0.6 is 11.6 Å². The molecule has 0 aliphatic heterocycles. The van der Waals surface area contributed by atoms with E-state index in [2.05, 4.69) is 30.9 Å². The predicted octanol–water partition coefficient (Wildman–Crippen LogP) is 3.74. The van der Waals surface area contributed by atoms with Crippen molar-refractivity contribution in [2.75, 3.05) is 5.32 Å². The van der Waals surface area contributed by atoms with Gasteiger partial charge in [-0.15, -0.1) is 10.2 Å². The summed E-state index contributed by atoms with van der Waals surface area (Å²) in [5.74, 6) is -0.899. The minimum Gasteiger partial charge on any atom is -0.478 e. The molecular formula is C20H12ClN7O2. The molecule has 9 nitrogen and oxygen atoms in total. The van der Waals surface area contributed by atoms with Gasteiger partial charge in [-0.3, -0.25) is 0 Å². The molecule has 0 atom stereocenters. The van der Waals surface area contributed by atoms with Crippen molar-refractivity contribution in [2.45, 2.75) is 0 Å². The van der Waals surface area contributed by atoms with Gasteiger partial charge in [-0.25, -0.2) is 9.78 Å². The number of aromatic carboxylic acids is 1. The average Bonchev–Trinajstić information content (AvgIpc) is 3.28. The molecule has 30 heavy (non-hydrogen) atoms. The number of nitrogens with zero attached hydrogens (tertiary/aromatic N) is 5. The maximum atomic E-state index is 11.8. The minimum absolute atomic E-state index is 0.111. The summed E-state index contributed by atoms with van der Waals surface area (Å²) in [5.41, 5.74) is 2.69. The molecule has 0 saturated carbocycles. The third-order valence-corrected chi connectivity index (χ3v) is 4.48. The van der Waals surface area contributed by atoms with Crippen molar-refractivity contribution in [2.24, 2.45) is 0 Å². The number of aromatic nitrogens is 5. The van der Waals surface area contributed by atoms with E-state index in [0.29, 0.717) is 32.9 Å². The van der Waals surface area contributed by atoms with Crippen LogP contribution in [-0.2, 0) is 0 Å². The van der Waals surface area contributed by atoms with E-state index in [4.69, 9.17) is 11.6 Å². The van der Waals surface area contributed by atoms with Crippen LogP contribution in [0.25, 0.3) is 27.7 Å². The van der Waals surface area contributed by atoms with Crippen molar-refractivity contribution in [1.82, 2.24) is 25.6 Å². The first-order chi connectivity index (χ1) is 14.5. The number of nitrogens with one attached hydrogen (secondary N) is 2. The van der Waals surface area contributed by atoms with Gasteiger partial charge >= 0.3 is 5.97 Å². The number of allylic oxidation sites excluding steroid dienone is 1. The minimum atomic E-state index is -1.07. The van der Waals surface area contributed by atoms with Gasteiger partial charge in [-0.1, -0.05) is 23.7 Å². The summed E-state index contributed by atoms with van der Waals surface area (Å²) in [4.78, 5) is 16.3. The highest BCUT2D eigenvalue weighted by atomic mass is 35.5. The van der Waals surface area contributed by atoms with Crippen LogP contribution in [0, 0.1) is 11.3 Å². The molecule has 2 aromatic carbocycles. The van der Waals surface area contributed by atoms with Crippen LogP contribution in [0.2, 0.25) is 5.02 Å². The quantitative estimate of drug-likeness (QED) is 0.417. The summed E-state index contributed by atoms with van der Waals surface area (Å²) in [7, 11) is 0. The summed E-state index contributed by atoms with van der Waals surface area (Å²) >= 11 is 6.01. The number of H-pyrrole nitrogens is 1. The van der Waals surface area contributed by atoms with E-state index < -0.39 is 5.97 Å². The molecule has 0 amide bonds. The lowest BCUT2D eigenvalue weighted by molar-refractivity contribution is 0.0699. The molecule has 2 aromatic heterocycles. The summed E-state index contributed by atoms with van der Waals surface area (Å²) in [6.07, 6.45) is 1.46. The molecule has 0 spiro atoms. The molecule has 4 aromatic rings. The Morgan fingerprint density at radius 1 is 1.23 bits per heavy atom. The second-order valence-corrected chi connectivity index (χ2v) is 6.59. The Bertz CT molecular complexity index is 1330. The summed E-state index contributed by atoms with van der Waals surface area (Å²) in [5, 5.41) is 36.1. The van der Waals surface area contributed by atoms with Gasteiger partial charge in [0, 0.05) is 27.9 Å².